The smallest absolute Gasteiger partial charge is 0.116 e. The van der Waals surface area contributed by atoms with Gasteiger partial charge in [0.05, 0.1) is 0 Å². The van der Waals surface area contributed by atoms with Crippen LogP contribution >= 0.6 is 0 Å². The van der Waals surface area contributed by atoms with Gasteiger partial charge in [0.15, 0.2) is 0 Å². The van der Waals surface area contributed by atoms with Crippen molar-refractivity contribution in [2.24, 2.45) is 0 Å². The van der Waals surface area contributed by atoms with Crippen molar-refractivity contribution in [3.63, 3.8) is 0 Å². The van der Waals surface area contributed by atoms with E-state index in [-0.39, 0.29) is 6.61 Å². The lowest BCUT2D eigenvalue weighted by molar-refractivity contribution is 0.280. The van der Waals surface area contributed by atoms with Gasteiger partial charge in [0.25, 0.3) is 0 Å². The van der Waals surface area contributed by atoms with Gasteiger partial charge in [0.2, 0.25) is 0 Å². The summed E-state index contributed by atoms with van der Waals surface area (Å²) in [6.45, 7) is 0.206. The Morgan fingerprint density at radius 3 is 3.08 bits per heavy atom. The van der Waals surface area contributed by atoms with Crippen molar-refractivity contribution in [1.29, 1.82) is 0 Å². The van der Waals surface area contributed by atoms with Crippen molar-refractivity contribution in [2.45, 2.75) is 18.9 Å². The summed E-state index contributed by atoms with van der Waals surface area (Å²) in [6, 6.07) is 5.65. The SMILES string of the molecule is OCCC1Cc2cc(O)ccc2N1. The molecule has 0 aliphatic carbocycles. The second kappa shape index (κ2) is 3.26. The Morgan fingerprint density at radius 1 is 1.46 bits per heavy atom. The van der Waals surface area contributed by atoms with Crippen LogP contribution in [0.25, 0.3) is 0 Å². The van der Waals surface area contributed by atoms with Gasteiger partial charge >= 0.3 is 0 Å². The van der Waals surface area contributed by atoms with Crippen LogP contribution in [0.3, 0.4) is 0 Å². The summed E-state index contributed by atoms with van der Waals surface area (Å²) >= 11 is 0. The summed E-state index contributed by atoms with van der Waals surface area (Å²) in [5.74, 6) is 0.310. The van der Waals surface area contributed by atoms with Crippen LogP contribution in [-0.4, -0.2) is 22.9 Å². The van der Waals surface area contributed by atoms with Gasteiger partial charge in [0, 0.05) is 18.3 Å². The van der Waals surface area contributed by atoms with Crippen molar-refractivity contribution in [3.8, 4) is 5.75 Å². The van der Waals surface area contributed by atoms with Gasteiger partial charge in [-0.3, -0.25) is 0 Å². The molecular formula is C10H13NO2. The molecule has 1 aromatic rings. The van der Waals surface area contributed by atoms with Gasteiger partial charge in [-0.05, 0) is 36.6 Å². The highest BCUT2D eigenvalue weighted by Crippen LogP contribution is 2.29. The maximum Gasteiger partial charge on any atom is 0.116 e. The number of aliphatic hydroxyl groups excluding tert-OH is 1. The van der Waals surface area contributed by atoms with E-state index in [0.29, 0.717) is 11.8 Å². The van der Waals surface area contributed by atoms with Gasteiger partial charge < -0.3 is 15.5 Å². The summed E-state index contributed by atoms with van der Waals surface area (Å²) in [5, 5.41) is 21.3. The van der Waals surface area contributed by atoms with Crippen molar-refractivity contribution in [1.82, 2.24) is 0 Å². The molecule has 3 heteroatoms. The van der Waals surface area contributed by atoms with Crippen LogP contribution in [0.1, 0.15) is 12.0 Å². The molecule has 1 unspecified atom stereocenters. The molecule has 0 amide bonds. The molecule has 1 aliphatic heterocycles. The molecule has 0 aromatic heterocycles. The molecule has 0 spiro atoms. The standard InChI is InChI=1S/C10H13NO2/c12-4-3-8-5-7-6-9(13)1-2-10(7)11-8/h1-2,6,8,11-13H,3-5H2. The normalized spacial score (nSPS) is 19.6. The van der Waals surface area contributed by atoms with Crippen molar-refractivity contribution >= 4 is 5.69 Å². The van der Waals surface area contributed by atoms with Gasteiger partial charge in [-0.1, -0.05) is 0 Å². The number of hydrogen-bond donors (Lipinski definition) is 3. The van der Waals surface area contributed by atoms with Crippen LogP contribution in [0.15, 0.2) is 18.2 Å². The number of phenols is 1. The number of rotatable bonds is 2. The third-order valence-corrected chi connectivity index (χ3v) is 2.39. The minimum absolute atomic E-state index is 0.206. The maximum absolute atomic E-state index is 9.24. The first kappa shape index (κ1) is 8.38. The predicted molar refractivity (Wildman–Crippen MR) is 50.9 cm³/mol. The van der Waals surface area contributed by atoms with Gasteiger partial charge in [-0.25, -0.2) is 0 Å². The average molecular weight is 179 g/mol. The van der Waals surface area contributed by atoms with E-state index >= 15 is 0 Å². The number of nitrogens with one attached hydrogen (secondary N) is 1. The maximum atomic E-state index is 9.24. The first-order valence-electron chi connectivity index (χ1n) is 4.49. The Balaban J connectivity index is 2.16. The lowest BCUT2D eigenvalue weighted by Gasteiger charge is -2.07. The predicted octanol–water partition coefficient (Wildman–Crippen LogP) is 1.11. The summed E-state index contributed by atoms with van der Waals surface area (Å²) in [4.78, 5) is 0. The first-order valence-corrected chi connectivity index (χ1v) is 4.49. The summed E-state index contributed by atoms with van der Waals surface area (Å²) in [5.41, 5.74) is 2.22. The molecule has 1 aromatic carbocycles. The quantitative estimate of drug-likeness (QED) is 0.596. The van der Waals surface area contributed by atoms with E-state index in [1.54, 1.807) is 12.1 Å². The van der Waals surface area contributed by atoms with E-state index in [1.165, 1.54) is 0 Å². The Bertz CT molecular complexity index is 312. The van der Waals surface area contributed by atoms with E-state index in [0.717, 1.165) is 24.1 Å². The molecular weight excluding hydrogens is 166 g/mol. The van der Waals surface area contributed by atoms with Crippen LogP contribution in [-0.2, 0) is 6.42 Å². The van der Waals surface area contributed by atoms with Crippen molar-refractivity contribution < 1.29 is 10.2 Å². The Kier molecular flexibility index (Phi) is 2.10. The summed E-state index contributed by atoms with van der Waals surface area (Å²) in [6.07, 6.45) is 1.65. The van der Waals surface area contributed by atoms with Crippen LogP contribution < -0.4 is 5.32 Å². The number of hydrogen-bond acceptors (Lipinski definition) is 3. The molecule has 3 N–H and O–H groups in total. The molecule has 0 radical (unpaired) electrons. The second-order valence-corrected chi connectivity index (χ2v) is 3.40. The Labute approximate surface area is 77.0 Å². The minimum Gasteiger partial charge on any atom is -0.508 e. The van der Waals surface area contributed by atoms with E-state index in [2.05, 4.69) is 5.32 Å². The third-order valence-electron chi connectivity index (χ3n) is 2.39. The monoisotopic (exact) mass is 179 g/mol. The molecule has 1 atom stereocenters. The molecule has 1 heterocycles. The molecule has 0 saturated heterocycles. The zero-order chi connectivity index (χ0) is 9.26. The fourth-order valence-corrected chi connectivity index (χ4v) is 1.76. The van der Waals surface area contributed by atoms with Crippen LogP contribution in [0.5, 0.6) is 5.75 Å². The Hall–Kier alpha value is -1.22. The zero-order valence-corrected chi connectivity index (χ0v) is 7.33. The lowest BCUT2D eigenvalue weighted by atomic mass is 10.1. The highest BCUT2D eigenvalue weighted by atomic mass is 16.3. The number of aliphatic hydroxyl groups is 1. The zero-order valence-electron chi connectivity index (χ0n) is 7.33. The largest absolute Gasteiger partial charge is 0.508 e. The van der Waals surface area contributed by atoms with Crippen molar-refractivity contribution in [3.05, 3.63) is 23.8 Å². The van der Waals surface area contributed by atoms with Gasteiger partial charge in [-0.15, -0.1) is 0 Å². The second-order valence-electron chi connectivity index (χ2n) is 3.40. The highest BCUT2D eigenvalue weighted by molar-refractivity contribution is 5.58. The molecule has 3 nitrogen and oxygen atoms in total. The molecule has 0 saturated carbocycles. The summed E-state index contributed by atoms with van der Waals surface area (Å²) < 4.78 is 0. The molecule has 2 rings (SSSR count). The fraction of sp³-hybridized carbons (Fsp3) is 0.400. The number of fused-ring (bicyclic) bond motifs is 1. The molecule has 1 aliphatic rings. The van der Waals surface area contributed by atoms with E-state index in [9.17, 15) is 5.11 Å². The van der Waals surface area contributed by atoms with Crippen LogP contribution in [0.4, 0.5) is 5.69 Å². The third kappa shape index (κ3) is 1.60. The Morgan fingerprint density at radius 2 is 2.31 bits per heavy atom. The number of aromatic hydroxyl groups is 1. The van der Waals surface area contributed by atoms with E-state index < -0.39 is 0 Å². The first-order chi connectivity index (χ1) is 6.29. The van der Waals surface area contributed by atoms with Crippen LogP contribution in [0, 0.1) is 0 Å². The van der Waals surface area contributed by atoms with E-state index in [1.807, 2.05) is 6.07 Å². The van der Waals surface area contributed by atoms with E-state index in [4.69, 9.17) is 5.11 Å². The molecule has 70 valence electrons. The fourth-order valence-electron chi connectivity index (χ4n) is 1.76. The molecule has 0 bridgehead atoms. The number of benzene rings is 1. The topological polar surface area (TPSA) is 52.5 Å². The number of anilines is 1. The molecule has 13 heavy (non-hydrogen) atoms. The van der Waals surface area contributed by atoms with Gasteiger partial charge in [0.1, 0.15) is 5.75 Å². The van der Waals surface area contributed by atoms with Gasteiger partial charge in [-0.2, -0.15) is 0 Å². The van der Waals surface area contributed by atoms with Crippen molar-refractivity contribution in [2.75, 3.05) is 11.9 Å². The number of phenolic OH excluding ortho intramolecular Hbond substituents is 1. The van der Waals surface area contributed by atoms with Crippen LogP contribution in [0.2, 0.25) is 0 Å². The average Bonchev–Trinajstić information content (AvgIpc) is 2.46. The highest BCUT2D eigenvalue weighted by Gasteiger charge is 2.19. The summed E-state index contributed by atoms with van der Waals surface area (Å²) in [7, 11) is 0. The lowest BCUT2D eigenvalue weighted by Crippen LogP contribution is -2.16. The molecule has 0 fully saturated rings. The minimum atomic E-state index is 0.206.